The average molecular weight is 386 g/mol. The van der Waals surface area contributed by atoms with E-state index in [-0.39, 0.29) is 11.3 Å². The molecule has 1 aromatic carbocycles. The number of aromatic carboxylic acids is 1. The summed E-state index contributed by atoms with van der Waals surface area (Å²) in [5, 5.41) is 8.91. The molecule has 0 atom stereocenters. The number of hydrogen-bond donors (Lipinski definition) is 2. The molecule has 112 valence electrons. The Balaban J connectivity index is 2.93. The van der Waals surface area contributed by atoms with E-state index in [9.17, 15) is 21.6 Å². The number of hydrogen-bond acceptors (Lipinski definition) is 5. The first kappa shape index (κ1) is 16.9. The van der Waals surface area contributed by atoms with Gasteiger partial charge in [0.15, 0.2) is 0 Å². The highest BCUT2D eigenvalue weighted by Gasteiger charge is 2.16. The number of anilines is 1. The first-order valence-electron chi connectivity index (χ1n) is 5.21. The molecule has 0 aliphatic rings. The number of sulfonamides is 1. The fourth-order valence-electron chi connectivity index (χ4n) is 1.24. The van der Waals surface area contributed by atoms with Crippen LogP contribution in [0.2, 0.25) is 0 Å². The normalized spacial score (nSPS) is 12.1. The van der Waals surface area contributed by atoms with E-state index in [1.165, 1.54) is 12.1 Å². The van der Waals surface area contributed by atoms with Crippen LogP contribution < -0.4 is 4.72 Å². The highest BCUT2D eigenvalue weighted by atomic mass is 79.9. The number of halogens is 1. The molecular weight excluding hydrogens is 374 g/mol. The zero-order chi connectivity index (χ0) is 15.6. The first-order valence-corrected chi connectivity index (χ1v) is 9.72. The topological polar surface area (TPSA) is 118 Å². The van der Waals surface area contributed by atoms with Crippen molar-refractivity contribution in [3.8, 4) is 0 Å². The highest BCUT2D eigenvalue weighted by Crippen LogP contribution is 2.21. The van der Waals surface area contributed by atoms with Gasteiger partial charge in [-0.3, -0.25) is 4.72 Å². The Kier molecular flexibility index (Phi) is 5.16. The molecule has 0 aliphatic heterocycles. The lowest BCUT2D eigenvalue weighted by Crippen LogP contribution is -2.22. The lowest BCUT2D eigenvalue weighted by molar-refractivity contribution is 0.0696. The number of sulfone groups is 1. The minimum Gasteiger partial charge on any atom is -0.478 e. The molecule has 0 saturated heterocycles. The Morgan fingerprint density at radius 1 is 1.25 bits per heavy atom. The van der Waals surface area contributed by atoms with Crippen molar-refractivity contribution in [1.82, 2.24) is 0 Å². The van der Waals surface area contributed by atoms with Crippen LogP contribution in [0, 0.1) is 0 Å². The smallest absolute Gasteiger partial charge is 0.336 e. The summed E-state index contributed by atoms with van der Waals surface area (Å²) in [5.41, 5.74) is -0.0487. The number of carboxylic acids is 1. The summed E-state index contributed by atoms with van der Waals surface area (Å²) in [6, 6.07) is 3.90. The molecule has 0 spiro atoms. The van der Waals surface area contributed by atoms with Gasteiger partial charge in [0.25, 0.3) is 0 Å². The third-order valence-electron chi connectivity index (χ3n) is 2.19. The summed E-state index contributed by atoms with van der Waals surface area (Å²) < 4.78 is 47.7. The van der Waals surface area contributed by atoms with Crippen LogP contribution in [0.25, 0.3) is 0 Å². The summed E-state index contributed by atoms with van der Waals surface area (Å²) >= 11 is 3.03. The van der Waals surface area contributed by atoms with E-state index >= 15 is 0 Å². The Morgan fingerprint density at radius 3 is 2.35 bits per heavy atom. The van der Waals surface area contributed by atoms with E-state index in [0.717, 1.165) is 12.3 Å². The van der Waals surface area contributed by atoms with Crippen LogP contribution in [-0.2, 0) is 19.9 Å². The van der Waals surface area contributed by atoms with Gasteiger partial charge in [-0.25, -0.2) is 21.6 Å². The van der Waals surface area contributed by atoms with Crippen molar-refractivity contribution in [3.63, 3.8) is 0 Å². The fourth-order valence-corrected chi connectivity index (χ4v) is 4.34. The van der Waals surface area contributed by atoms with Gasteiger partial charge in [0.2, 0.25) is 10.0 Å². The van der Waals surface area contributed by atoms with E-state index in [1.807, 2.05) is 0 Å². The predicted octanol–water partition coefficient (Wildman–Crippen LogP) is 0.934. The predicted molar refractivity (Wildman–Crippen MR) is 78.2 cm³/mol. The second-order valence-corrected chi connectivity index (χ2v) is 9.01. The van der Waals surface area contributed by atoms with Gasteiger partial charge in [-0.05, 0) is 34.1 Å². The van der Waals surface area contributed by atoms with E-state index in [2.05, 4.69) is 20.7 Å². The largest absolute Gasteiger partial charge is 0.478 e. The summed E-state index contributed by atoms with van der Waals surface area (Å²) in [4.78, 5) is 10.9. The van der Waals surface area contributed by atoms with Crippen molar-refractivity contribution in [3.05, 3.63) is 28.2 Å². The van der Waals surface area contributed by atoms with E-state index in [1.54, 1.807) is 0 Å². The molecule has 0 unspecified atom stereocenters. The van der Waals surface area contributed by atoms with Crippen LogP contribution in [0.1, 0.15) is 10.4 Å². The van der Waals surface area contributed by atoms with Crippen LogP contribution in [0.15, 0.2) is 22.7 Å². The molecule has 0 heterocycles. The molecule has 0 fully saturated rings. The van der Waals surface area contributed by atoms with Gasteiger partial charge < -0.3 is 5.11 Å². The second-order valence-electron chi connectivity index (χ2n) is 4.05. The summed E-state index contributed by atoms with van der Waals surface area (Å²) in [6.45, 7) is 0. The molecule has 2 N–H and O–H groups in total. The van der Waals surface area contributed by atoms with E-state index in [4.69, 9.17) is 5.11 Å². The van der Waals surface area contributed by atoms with Crippen LogP contribution in [0.4, 0.5) is 5.69 Å². The minimum atomic E-state index is -3.86. The maximum Gasteiger partial charge on any atom is 0.336 e. The maximum atomic E-state index is 11.7. The van der Waals surface area contributed by atoms with Crippen LogP contribution in [-0.4, -0.2) is 45.7 Å². The SMILES string of the molecule is CS(=O)(=O)CCS(=O)(=O)Nc1ccc(Br)c(C(=O)O)c1. The monoisotopic (exact) mass is 385 g/mol. The van der Waals surface area contributed by atoms with Crippen molar-refractivity contribution in [2.75, 3.05) is 22.5 Å². The number of nitrogens with one attached hydrogen (secondary N) is 1. The van der Waals surface area contributed by atoms with Crippen LogP contribution in [0.3, 0.4) is 0 Å². The molecular formula is C10H12BrNO6S2. The average Bonchev–Trinajstić information content (AvgIpc) is 2.28. The molecule has 20 heavy (non-hydrogen) atoms. The summed E-state index contributed by atoms with van der Waals surface area (Å²) in [7, 11) is -7.26. The summed E-state index contributed by atoms with van der Waals surface area (Å²) in [5.74, 6) is -2.32. The Hall–Kier alpha value is -1.13. The zero-order valence-electron chi connectivity index (χ0n) is 10.3. The summed E-state index contributed by atoms with van der Waals surface area (Å²) in [6.07, 6.45) is 0.935. The van der Waals surface area contributed by atoms with Gasteiger partial charge in [-0.2, -0.15) is 0 Å². The third kappa shape index (κ3) is 5.47. The van der Waals surface area contributed by atoms with Gasteiger partial charge in [0, 0.05) is 16.4 Å². The van der Waals surface area contributed by atoms with Crippen molar-refractivity contribution < 1.29 is 26.7 Å². The molecule has 10 heteroatoms. The molecule has 0 aromatic heterocycles. The highest BCUT2D eigenvalue weighted by molar-refractivity contribution is 9.10. The molecule has 7 nitrogen and oxygen atoms in total. The van der Waals surface area contributed by atoms with Gasteiger partial charge in [0.1, 0.15) is 9.84 Å². The maximum absolute atomic E-state index is 11.7. The van der Waals surface area contributed by atoms with Gasteiger partial charge in [-0.15, -0.1) is 0 Å². The number of benzene rings is 1. The molecule has 0 aliphatic carbocycles. The number of carboxylic acid groups (broad SMARTS) is 1. The fraction of sp³-hybridized carbons (Fsp3) is 0.300. The van der Waals surface area contributed by atoms with Crippen molar-refractivity contribution in [1.29, 1.82) is 0 Å². The van der Waals surface area contributed by atoms with Crippen molar-refractivity contribution in [2.45, 2.75) is 0 Å². The number of carbonyl (C=O) groups is 1. The molecule has 0 saturated carbocycles. The molecule has 0 radical (unpaired) electrons. The number of rotatable bonds is 6. The van der Waals surface area contributed by atoms with Crippen molar-refractivity contribution in [2.24, 2.45) is 0 Å². The molecule has 0 amide bonds. The van der Waals surface area contributed by atoms with Gasteiger partial charge >= 0.3 is 5.97 Å². The lowest BCUT2D eigenvalue weighted by Gasteiger charge is -2.09. The first-order chi connectivity index (χ1) is 9.00. The third-order valence-corrected chi connectivity index (χ3v) is 5.38. The molecule has 1 aromatic rings. The van der Waals surface area contributed by atoms with Gasteiger partial charge in [-0.1, -0.05) is 0 Å². The van der Waals surface area contributed by atoms with Crippen molar-refractivity contribution >= 4 is 47.4 Å². The minimum absolute atomic E-state index is 0.0547. The Labute approximate surface area is 125 Å². The van der Waals surface area contributed by atoms with E-state index < -0.39 is 37.3 Å². The Morgan fingerprint density at radius 2 is 1.85 bits per heavy atom. The Bertz CT molecular complexity index is 726. The molecule has 1 rings (SSSR count). The standard InChI is InChI=1S/C10H12BrNO6S2/c1-19(15,16)4-5-20(17,18)12-7-2-3-9(11)8(6-7)10(13)14/h2-3,6,12H,4-5H2,1H3,(H,13,14). The van der Waals surface area contributed by atoms with Gasteiger partial charge in [0.05, 0.1) is 17.1 Å². The zero-order valence-corrected chi connectivity index (χ0v) is 13.5. The van der Waals surface area contributed by atoms with Crippen LogP contribution >= 0.6 is 15.9 Å². The lowest BCUT2D eigenvalue weighted by atomic mass is 10.2. The second kappa shape index (κ2) is 6.10. The quantitative estimate of drug-likeness (QED) is 0.751. The molecule has 0 bridgehead atoms. The van der Waals surface area contributed by atoms with E-state index in [0.29, 0.717) is 4.47 Å². The van der Waals surface area contributed by atoms with Crippen LogP contribution in [0.5, 0.6) is 0 Å².